The molecule has 0 aromatic heterocycles. The standard InChI is InChI=1S/C37H53N3O10/c1-7-40-17-34(18-50-32(43)20-10-8-9-11-23(20)39-26(41)14-19(2)31(38)42)13-12-25(47-4)36-22-15-21-24(46-3)16-35(44,27(22)28(21)48-5)37(45,33(36)40)30(49-6)29(34)36/h8-11,19,21-22,24-25,27-30,33,44-45H,7,12-18H2,1-6H3,(H2,38,42)(H,39,41)/t19-,21+,22+,24-,25-,27+,28-,29+,30-,33?,34-,35+,36-,37+/m0/s1. The Labute approximate surface area is 293 Å². The summed E-state index contributed by atoms with van der Waals surface area (Å²) >= 11 is 0. The fourth-order valence-corrected chi connectivity index (χ4v) is 12.6. The Morgan fingerprint density at radius 1 is 1.08 bits per heavy atom. The number of carbonyl (C=O) groups is 3. The van der Waals surface area contributed by atoms with Crippen LogP contribution in [0.3, 0.4) is 0 Å². The van der Waals surface area contributed by atoms with E-state index in [1.54, 1.807) is 59.6 Å². The molecule has 6 fully saturated rings. The Kier molecular flexibility index (Phi) is 8.93. The highest BCUT2D eigenvalue weighted by Gasteiger charge is 2.91. The number of aliphatic hydroxyl groups is 2. The Morgan fingerprint density at radius 3 is 2.46 bits per heavy atom. The lowest BCUT2D eigenvalue weighted by atomic mass is 9.42. The monoisotopic (exact) mass is 699 g/mol. The van der Waals surface area contributed by atoms with E-state index in [0.717, 1.165) is 6.42 Å². The maximum Gasteiger partial charge on any atom is 0.340 e. The molecule has 1 spiro atoms. The van der Waals surface area contributed by atoms with E-state index in [9.17, 15) is 24.6 Å². The number of piperidine rings is 1. The molecule has 1 saturated heterocycles. The molecule has 276 valence electrons. The van der Waals surface area contributed by atoms with Crippen LogP contribution in [0.4, 0.5) is 5.69 Å². The summed E-state index contributed by atoms with van der Waals surface area (Å²) in [6.45, 7) is 4.82. The van der Waals surface area contributed by atoms with Crippen LogP contribution in [-0.4, -0.2) is 123 Å². The molecule has 2 amide bonds. The second-order valence-corrected chi connectivity index (χ2v) is 15.9. The molecule has 5 N–H and O–H groups in total. The molecule has 1 heterocycles. The van der Waals surface area contributed by atoms with Gasteiger partial charge in [-0.3, -0.25) is 14.5 Å². The highest BCUT2D eigenvalue weighted by atomic mass is 16.5. The number of benzene rings is 1. The number of amides is 2. The predicted octanol–water partition coefficient (Wildman–Crippen LogP) is 1.59. The smallest absolute Gasteiger partial charge is 0.340 e. The second kappa shape index (κ2) is 12.5. The summed E-state index contributed by atoms with van der Waals surface area (Å²) in [5.41, 5.74) is 1.27. The van der Waals surface area contributed by atoms with Crippen LogP contribution in [0, 0.1) is 40.4 Å². The van der Waals surface area contributed by atoms with Crippen molar-refractivity contribution in [3.05, 3.63) is 29.8 Å². The van der Waals surface area contributed by atoms with Crippen molar-refractivity contribution in [2.24, 2.45) is 46.2 Å². The minimum absolute atomic E-state index is 0.0405. The number of likely N-dealkylation sites (tertiary alicyclic amines) is 1. The van der Waals surface area contributed by atoms with Crippen LogP contribution in [0.2, 0.25) is 0 Å². The van der Waals surface area contributed by atoms with Crippen LogP contribution in [0.5, 0.6) is 0 Å². The van der Waals surface area contributed by atoms with Gasteiger partial charge in [-0.05, 0) is 43.9 Å². The molecule has 1 aromatic rings. The van der Waals surface area contributed by atoms with E-state index in [2.05, 4.69) is 17.1 Å². The first kappa shape index (κ1) is 35.7. The number of nitrogens with two attached hydrogens (primary N) is 1. The first-order valence-electron chi connectivity index (χ1n) is 18.0. The molecule has 13 nitrogen and oxygen atoms in total. The Morgan fingerprint density at radius 2 is 1.82 bits per heavy atom. The third-order valence-electron chi connectivity index (χ3n) is 14.2. The average molecular weight is 700 g/mol. The van der Waals surface area contributed by atoms with Gasteiger partial charge in [0.1, 0.15) is 11.2 Å². The minimum atomic E-state index is -1.70. The number of fused-ring (bicyclic) bond motifs is 2. The van der Waals surface area contributed by atoms with Crippen molar-refractivity contribution in [3.63, 3.8) is 0 Å². The van der Waals surface area contributed by atoms with Crippen molar-refractivity contribution in [1.29, 1.82) is 0 Å². The molecule has 1 aromatic carbocycles. The largest absolute Gasteiger partial charge is 0.461 e. The van der Waals surface area contributed by atoms with Crippen LogP contribution in [0.15, 0.2) is 24.3 Å². The number of para-hydroxylation sites is 1. The van der Waals surface area contributed by atoms with Gasteiger partial charge in [0.15, 0.2) is 0 Å². The van der Waals surface area contributed by atoms with Gasteiger partial charge in [-0.25, -0.2) is 4.79 Å². The third-order valence-corrected chi connectivity index (χ3v) is 14.2. The fourth-order valence-electron chi connectivity index (χ4n) is 12.6. The molecule has 14 atom stereocenters. The lowest BCUT2D eigenvalue weighted by Gasteiger charge is -2.70. The molecule has 1 unspecified atom stereocenters. The van der Waals surface area contributed by atoms with Crippen molar-refractivity contribution >= 4 is 23.5 Å². The molecular weight excluding hydrogens is 646 g/mol. The highest BCUT2D eigenvalue weighted by Crippen LogP contribution is 2.80. The number of ether oxygens (including phenoxy) is 5. The number of nitrogens with zero attached hydrogens (tertiary/aromatic N) is 1. The van der Waals surface area contributed by atoms with E-state index in [-0.39, 0.29) is 72.7 Å². The molecule has 13 heteroatoms. The lowest BCUT2D eigenvalue weighted by Crippen LogP contribution is -2.82. The van der Waals surface area contributed by atoms with Crippen LogP contribution in [0.25, 0.3) is 0 Å². The predicted molar refractivity (Wildman–Crippen MR) is 180 cm³/mol. The van der Waals surface area contributed by atoms with Crippen molar-refractivity contribution in [2.75, 3.05) is 53.5 Å². The molecule has 7 rings (SSSR count). The number of esters is 1. The number of hydrogen-bond acceptors (Lipinski definition) is 11. The molecule has 5 saturated carbocycles. The lowest BCUT2D eigenvalue weighted by molar-refractivity contribution is -0.320. The summed E-state index contributed by atoms with van der Waals surface area (Å²) in [7, 11) is 6.69. The van der Waals surface area contributed by atoms with Gasteiger partial charge in [0.05, 0.1) is 48.3 Å². The van der Waals surface area contributed by atoms with Gasteiger partial charge in [0.2, 0.25) is 11.8 Å². The number of primary amides is 1. The maximum absolute atomic E-state index is 13.9. The van der Waals surface area contributed by atoms with Crippen molar-refractivity contribution < 1.29 is 48.3 Å². The number of carbonyl (C=O) groups excluding carboxylic acids is 3. The first-order valence-corrected chi connectivity index (χ1v) is 18.0. The topological polar surface area (TPSA) is 179 Å². The summed E-state index contributed by atoms with van der Waals surface area (Å²) in [5, 5.41) is 29.3. The van der Waals surface area contributed by atoms with E-state index < -0.39 is 57.9 Å². The fraction of sp³-hybridized carbons (Fsp3) is 0.757. The second-order valence-electron chi connectivity index (χ2n) is 15.9. The number of anilines is 1. The van der Waals surface area contributed by atoms with E-state index >= 15 is 0 Å². The van der Waals surface area contributed by atoms with E-state index in [0.29, 0.717) is 25.9 Å². The van der Waals surface area contributed by atoms with Crippen molar-refractivity contribution in [1.82, 2.24) is 4.90 Å². The van der Waals surface area contributed by atoms with Crippen molar-refractivity contribution in [3.8, 4) is 0 Å². The Bertz CT molecular complexity index is 1530. The van der Waals surface area contributed by atoms with Gasteiger partial charge in [-0.2, -0.15) is 0 Å². The first-order chi connectivity index (χ1) is 23.8. The van der Waals surface area contributed by atoms with E-state index in [1.165, 1.54) is 0 Å². The van der Waals surface area contributed by atoms with Gasteiger partial charge < -0.3 is 44.9 Å². The van der Waals surface area contributed by atoms with Crippen LogP contribution in [0.1, 0.15) is 56.3 Å². The summed E-state index contributed by atoms with van der Waals surface area (Å²) < 4.78 is 31.3. The molecule has 6 aliphatic rings. The Hall–Kier alpha value is -2.65. The number of likely N-dealkylation sites (N-methyl/N-ethyl adjacent to an activating group) is 1. The maximum atomic E-state index is 13.9. The number of rotatable bonds is 12. The molecule has 50 heavy (non-hydrogen) atoms. The third kappa shape index (κ3) is 4.46. The number of hydrogen-bond donors (Lipinski definition) is 4. The summed E-state index contributed by atoms with van der Waals surface area (Å²) in [6, 6.07) is 6.16. The quantitative estimate of drug-likeness (QED) is 0.233. The SMILES string of the molecule is CCN1C[C@]2(COC(=O)c3ccccc3NC(=O)C[C@H](C)C(N)=O)CC[C@H](OC)[C@]34C1[C@](O)([C@@H](OC)[C@H]23)[C@@]1(O)C[C@H](OC)[C@H]2C[C@@H]4[C@@H]1[C@H]2OC. The van der Waals surface area contributed by atoms with Gasteiger partial charge in [-0.1, -0.05) is 26.0 Å². The molecule has 1 aliphatic heterocycles. The summed E-state index contributed by atoms with van der Waals surface area (Å²) in [6.07, 6.45) is 0.591. The summed E-state index contributed by atoms with van der Waals surface area (Å²) in [4.78, 5) is 40.5. The normalized spacial score (nSPS) is 44.4. The molecular formula is C37H53N3O10. The van der Waals surface area contributed by atoms with Gasteiger partial charge in [-0.15, -0.1) is 0 Å². The van der Waals surface area contributed by atoms with E-state index in [4.69, 9.17) is 29.4 Å². The number of nitrogens with one attached hydrogen (secondary N) is 1. The zero-order chi connectivity index (χ0) is 36.0. The molecule has 0 radical (unpaired) electrons. The zero-order valence-corrected chi connectivity index (χ0v) is 29.9. The molecule has 7 bridgehead atoms. The van der Waals surface area contributed by atoms with Crippen molar-refractivity contribution in [2.45, 2.75) is 87.6 Å². The Balaban J connectivity index is 1.28. The molecule has 5 aliphatic carbocycles. The highest BCUT2D eigenvalue weighted by molar-refractivity contribution is 6.02. The van der Waals surface area contributed by atoms with Gasteiger partial charge in [0, 0.05) is 82.3 Å². The minimum Gasteiger partial charge on any atom is -0.461 e. The summed E-state index contributed by atoms with van der Waals surface area (Å²) in [5.74, 6) is -3.01. The zero-order valence-electron chi connectivity index (χ0n) is 29.9. The van der Waals surface area contributed by atoms with Gasteiger partial charge in [0.25, 0.3) is 0 Å². The number of methoxy groups -OCH3 is 4. The van der Waals surface area contributed by atoms with Crippen LogP contribution in [-0.2, 0) is 33.3 Å². The van der Waals surface area contributed by atoms with Crippen LogP contribution < -0.4 is 11.1 Å². The van der Waals surface area contributed by atoms with Crippen LogP contribution >= 0.6 is 0 Å². The van der Waals surface area contributed by atoms with E-state index in [1.807, 2.05) is 0 Å². The van der Waals surface area contributed by atoms with Gasteiger partial charge >= 0.3 is 5.97 Å². The average Bonchev–Trinajstić information content (AvgIpc) is 3.52.